The summed E-state index contributed by atoms with van der Waals surface area (Å²) in [6.07, 6.45) is -2.18. The SMILES string of the molecule is Cc1ccc(NC(=O)N2N=C(OC(=O)C(F)(F)F)CC2c2ccccc2)cc1C#Cc1cnc2cccnn12. The van der Waals surface area contributed by atoms with Crippen LogP contribution < -0.4 is 5.32 Å². The number of anilines is 1. The Balaban J connectivity index is 1.39. The second-order valence-electron chi connectivity index (χ2n) is 8.50. The van der Waals surface area contributed by atoms with Crippen LogP contribution in [0.15, 0.2) is 78.2 Å². The molecule has 2 aromatic heterocycles. The topological polar surface area (TPSA) is 101 Å². The number of esters is 1. The van der Waals surface area contributed by atoms with E-state index in [0.717, 1.165) is 10.6 Å². The number of hydrazone groups is 1. The molecule has 1 N–H and O–H groups in total. The molecule has 0 spiro atoms. The fourth-order valence-corrected chi connectivity index (χ4v) is 3.89. The first-order valence-electron chi connectivity index (χ1n) is 11.6. The van der Waals surface area contributed by atoms with Crippen LogP contribution in [0.3, 0.4) is 0 Å². The molecule has 12 heteroatoms. The molecule has 0 bridgehead atoms. The van der Waals surface area contributed by atoms with Crippen LogP contribution in [0.1, 0.15) is 34.8 Å². The Morgan fingerprint density at radius 2 is 1.87 bits per heavy atom. The van der Waals surface area contributed by atoms with Gasteiger partial charge in [0.2, 0.25) is 5.90 Å². The highest BCUT2D eigenvalue weighted by Gasteiger charge is 2.44. The summed E-state index contributed by atoms with van der Waals surface area (Å²) >= 11 is 0. The number of nitrogens with zero attached hydrogens (tertiary/aromatic N) is 5. The van der Waals surface area contributed by atoms with Gasteiger partial charge in [-0.15, -0.1) is 5.10 Å². The molecule has 0 aliphatic carbocycles. The smallest absolute Gasteiger partial charge is 0.403 e. The normalized spacial score (nSPS) is 14.9. The number of urea groups is 1. The highest BCUT2D eigenvalue weighted by molar-refractivity contribution is 5.96. The summed E-state index contributed by atoms with van der Waals surface area (Å²) < 4.78 is 44.2. The number of aromatic nitrogens is 3. The van der Waals surface area contributed by atoms with Crippen molar-refractivity contribution >= 4 is 29.2 Å². The molecule has 1 unspecified atom stereocenters. The third kappa shape index (κ3) is 5.57. The lowest BCUT2D eigenvalue weighted by Gasteiger charge is -2.22. The van der Waals surface area contributed by atoms with E-state index in [0.29, 0.717) is 28.2 Å². The minimum absolute atomic E-state index is 0.211. The van der Waals surface area contributed by atoms with Crippen molar-refractivity contribution in [3.63, 3.8) is 0 Å². The van der Waals surface area contributed by atoms with E-state index in [9.17, 15) is 22.8 Å². The summed E-state index contributed by atoms with van der Waals surface area (Å²) in [6.45, 7) is 1.86. The van der Waals surface area contributed by atoms with E-state index in [1.165, 1.54) is 0 Å². The van der Waals surface area contributed by atoms with Crippen LogP contribution in [-0.4, -0.2) is 43.7 Å². The fourth-order valence-electron chi connectivity index (χ4n) is 3.89. The second kappa shape index (κ2) is 10.3. The average molecular weight is 532 g/mol. The van der Waals surface area contributed by atoms with E-state index < -0.39 is 30.1 Å². The molecule has 1 atom stereocenters. The van der Waals surface area contributed by atoms with Gasteiger partial charge in [0.15, 0.2) is 5.65 Å². The van der Waals surface area contributed by atoms with Crippen LogP contribution in [0.4, 0.5) is 23.7 Å². The maximum absolute atomic E-state index is 13.2. The number of amides is 2. The summed E-state index contributed by atoms with van der Waals surface area (Å²) in [6, 6.07) is 15.7. The molecule has 196 valence electrons. The lowest BCUT2D eigenvalue weighted by Crippen LogP contribution is -2.31. The minimum atomic E-state index is -5.20. The van der Waals surface area contributed by atoms with E-state index in [4.69, 9.17) is 0 Å². The Kier molecular flexibility index (Phi) is 6.72. The summed E-state index contributed by atoms with van der Waals surface area (Å²) in [5.74, 6) is 3.17. The van der Waals surface area contributed by atoms with Crippen molar-refractivity contribution < 1.29 is 27.5 Å². The molecule has 5 rings (SSSR count). The zero-order valence-corrected chi connectivity index (χ0v) is 20.3. The molecule has 3 heterocycles. The number of benzene rings is 2. The maximum Gasteiger partial charge on any atom is 0.491 e. The highest BCUT2D eigenvalue weighted by atomic mass is 19.4. The van der Waals surface area contributed by atoms with Gasteiger partial charge in [-0.3, -0.25) is 0 Å². The predicted octanol–water partition coefficient (Wildman–Crippen LogP) is 4.84. The van der Waals surface area contributed by atoms with Crippen molar-refractivity contribution in [2.75, 3.05) is 5.32 Å². The molecule has 0 saturated carbocycles. The van der Waals surface area contributed by atoms with Gasteiger partial charge in [0.25, 0.3) is 0 Å². The van der Waals surface area contributed by atoms with Crippen molar-refractivity contribution in [1.29, 1.82) is 0 Å². The number of aryl methyl sites for hydroxylation is 1. The standard InChI is InChI=1S/C27H19F3N6O3/c1-17-9-11-20(14-19(17)10-12-21-16-31-23-8-5-13-32-35(21)23)33-26(38)36-22(18-6-3-2-4-7-18)15-24(34-36)39-25(37)27(28,29)30/h2-9,11,13-14,16,22H,15H2,1H3,(H,33,38). The first kappa shape index (κ1) is 25.5. The number of halogens is 3. The summed E-state index contributed by atoms with van der Waals surface area (Å²) in [7, 11) is 0. The van der Waals surface area contributed by atoms with Gasteiger partial charge >= 0.3 is 18.2 Å². The van der Waals surface area contributed by atoms with Gasteiger partial charge in [0, 0.05) is 17.4 Å². The number of alkyl halides is 3. The molecular formula is C27H19F3N6O3. The minimum Gasteiger partial charge on any atom is -0.403 e. The van der Waals surface area contributed by atoms with Crippen molar-refractivity contribution in [3.05, 3.63) is 95.4 Å². The van der Waals surface area contributed by atoms with E-state index >= 15 is 0 Å². The summed E-state index contributed by atoms with van der Waals surface area (Å²) in [5.41, 5.74) is 3.70. The average Bonchev–Trinajstić information content (AvgIpc) is 3.53. The van der Waals surface area contributed by atoms with E-state index in [1.807, 2.05) is 6.92 Å². The van der Waals surface area contributed by atoms with Gasteiger partial charge in [-0.1, -0.05) is 42.3 Å². The quantitative estimate of drug-likeness (QED) is 0.294. The monoisotopic (exact) mass is 532 g/mol. The van der Waals surface area contributed by atoms with E-state index in [2.05, 4.69) is 37.1 Å². The Hall–Kier alpha value is -5.18. The number of nitrogens with one attached hydrogen (secondary N) is 1. The first-order valence-corrected chi connectivity index (χ1v) is 11.6. The Morgan fingerprint density at radius 3 is 2.64 bits per heavy atom. The van der Waals surface area contributed by atoms with Crippen LogP contribution in [0.25, 0.3) is 5.65 Å². The molecule has 4 aromatic rings. The zero-order valence-electron chi connectivity index (χ0n) is 20.3. The van der Waals surface area contributed by atoms with Crippen LogP contribution in [-0.2, 0) is 9.53 Å². The number of fused-ring (bicyclic) bond motifs is 1. The zero-order chi connectivity index (χ0) is 27.6. The van der Waals surface area contributed by atoms with Crippen molar-refractivity contribution in [2.45, 2.75) is 25.6 Å². The Labute approximate surface area is 219 Å². The molecule has 1 aliphatic heterocycles. The number of imidazole rings is 1. The molecular weight excluding hydrogens is 513 g/mol. The van der Waals surface area contributed by atoms with Crippen LogP contribution in [0.5, 0.6) is 0 Å². The van der Waals surface area contributed by atoms with Crippen molar-refractivity contribution in [1.82, 2.24) is 19.6 Å². The molecule has 0 fully saturated rings. The summed E-state index contributed by atoms with van der Waals surface area (Å²) in [5, 5.41) is 11.8. The highest BCUT2D eigenvalue weighted by Crippen LogP contribution is 2.32. The van der Waals surface area contributed by atoms with Gasteiger partial charge in [-0.2, -0.15) is 18.3 Å². The van der Waals surface area contributed by atoms with E-state index in [1.54, 1.807) is 77.6 Å². The van der Waals surface area contributed by atoms with Crippen molar-refractivity contribution in [3.8, 4) is 11.8 Å². The number of carbonyl (C=O) groups excluding carboxylic acids is 2. The van der Waals surface area contributed by atoms with E-state index in [-0.39, 0.29) is 6.42 Å². The molecule has 2 aromatic carbocycles. The van der Waals surface area contributed by atoms with Gasteiger partial charge in [0.1, 0.15) is 5.69 Å². The lowest BCUT2D eigenvalue weighted by molar-refractivity contribution is -0.191. The maximum atomic E-state index is 13.2. The molecule has 1 aliphatic rings. The van der Waals surface area contributed by atoms with Crippen LogP contribution in [0.2, 0.25) is 0 Å². The number of carbonyl (C=O) groups is 2. The molecule has 0 saturated heterocycles. The molecule has 0 radical (unpaired) electrons. The number of rotatable bonds is 2. The third-order valence-corrected chi connectivity index (χ3v) is 5.81. The number of hydrogen-bond donors (Lipinski definition) is 1. The fraction of sp³-hybridized carbons (Fsp3) is 0.148. The summed E-state index contributed by atoms with van der Waals surface area (Å²) in [4.78, 5) is 28.8. The molecule has 39 heavy (non-hydrogen) atoms. The number of ether oxygens (including phenoxy) is 1. The van der Waals surface area contributed by atoms with Crippen molar-refractivity contribution in [2.24, 2.45) is 5.10 Å². The predicted molar refractivity (Wildman–Crippen MR) is 134 cm³/mol. The Bertz CT molecular complexity index is 1650. The molecule has 9 nitrogen and oxygen atoms in total. The third-order valence-electron chi connectivity index (χ3n) is 5.81. The van der Waals surface area contributed by atoms with Gasteiger partial charge < -0.3 is 10.1 Å². The molecule has 2 amide bonds. The van der Waals surface area contributed by atoms with Gasteiger partial charge in [-0.05, 0) is 48.2 Å². The largest absolute Gasteiger partial charge is 0.491 e. The second-order valence-corrected chi connectivity index (χ2v) is 8.50. The van der Waals surface area contributed by atoms with Crippen LogP contribution in [0, 0.1) is 18.8 Å². The van der Waals surface area contributed by atoms with Gasteiger partial charge in [-0.25, -0.2) is 24.1 Å². The Morgan fingerprint density at radius 1 is 1.08 bits per heavy atom. The number of hydrogen-bond acceptors (Lipinski definition) is 6. The van der Waals surface area contributed by atoms with Crippen LogP contribution >= 0.6 is 0 Å². The van der Waals surface area contributed by atoms with Gasteiger partial charge in [0.05, 0.1) is 18.7 Å². The first-order chi connectivity index (χ1) is 18.7. The lowest BCUT2D eigenvalue weighted by atomic mass is 10.0.